The molecule has 0 spiro atoms. The van der Waals surface area contributed by atoms with Crippen molar-refractivity contribution in [1.29, 1.82) is 5.26 Å². The van der Waals surface area contributed by atoms with Gasteiger partial charge in [-0.05, 0) is 31.6 Å². The first kappa shape index (κ1) is 10.9. The van der Waals surface area contributed by atoms with Crippen LogP contribution in [0, 0.1) is 17.2 Å². The highest BCUT2D eigenvalue weighted by atomic mass is 15.6. The molecule has 15 heavy (non-hydrogen) atoms. The van der Waals surface area contributed by atoms with Gasteiger partial charge in [0, 0.05) is 32.6 Å². The molecule has 0 aliphatic carbocycles. The van der Waals surface area contributed by atoms with Gasteiger partial charge in [0.15, 0.2) is 0 Å². The van der Waals surface area contributed by atoms with Gasteiger partial charge in [0.1, 0.15) is 0 Å². The summed E-state index contributed by atoms with van der Waals surface area (Å²) in [6.45, 7) is 4.85. The molecular formula is C12H21N3. The number of hydrazine groups is 1. The van der Waals surface area contributed by atoms with Gasteiger partial charge in [-0.2, -0.15) is 5.26 Å². The van der Waals surface area contributed by atoms with Gasteiger partial charge in [-0.15, -0.1) is 0 Å². The van der Waals surface area contributed by atoms with E-state index in [0.717, 1.165) is 6.42 Å². The molecule has 0 unspecified atom stereocenters. The van der Waals surface area contributed by atoms with Crippen molar-refractivity contribution in [2.75, 3.05) is 26.2 Å². The molecule has 0 aromatic carbocycles. The third kappa shape index (κ3) is 2.93. The van der Waals surface area contributed by atoms with Crippen LogP contribution >= 0.6 is 0 Å². The minimum absolute atomic E-state index is 0.663. The van der Waals surface area contributed by atoms with Crippen LogP contribution in [0.1, 0.15) is 38.5 Å². The average Bonchev–Trinajstić information content (AvgIpc) is 2.32. The fourth-order valence-corrected chi connectivity index (χ4v) is 2.70. The van der Waals surface area contributed by atoms with Gasteiger partial charge in [0.25, 0.3) is 0 Å². The molecule has 0 aromatic heterocycles. The van der Waals surface area contributed by atoms with Gasteiger partial charge in [-0.1, -0.05) is 6.42 Å². The van der Waals surface area contributed by atoms with Crippen LogP contribution in [-0.4, -0.2) is 36.2 Å². The maximum absolute atomic E-state index is 8.66. The number of nitrogens with zero attached hydrogens (tertiary/aromatic N) is 3. The minimum atomic E-state index is 0.663. The molecule has 0 bridgehead atoms. The van der Waals surface area contributed by atoms with Gasteiger partial charge in [0.05, 0.1) is 6.07 Å². The number of piperidine rings is 2. The standard InChI is InChI=1S/C12H21N3/c13-7-4-12-5-10-15(11-6-12)14-8-2-1-3-9-14/h12H,1-6,8-11H2. The topological polar surface area (TPSA) is 30.3 Å². The Morgan fingerprint density at radius 3 is 2.13 bits per heavy atom. The first-order valence-electron chi connectivity index (χ1n) is 6.27. The molecule has 2 aliphatic rings. The Hall–Kier alpha value is -0.590. The predicted molar refractivity (Wildman–Crippen MR) is 60.0 cm³/mol. The Morgan fingerprint density at radius 2 is 1.53 bits per heavy atom. The van der Waals surface area contributed by atoms with Crippen molar-refractivity contribution in [1.82, 2.24) is 10.0 Å². The quantitative estimate of drug-likeness (QED) is 0.694. The number of nitriles is 1. The molecular weight excluding hydrogens is 186 g/mol. The van der Waals surface area contributed by atoms with Crippen LogP contribution in [0.4, 0.5) is 0 Å². The molecule has 2 fully saturated rings. The average molecular weight is 207 g/mol. The maximum atomic E-state index is 8.66. The van der Waals surface area contributed by atoms with E-state index < -0.39 is 0 Å². The summed E-state index contributed by atoms with van der Waals surface area (Å²) in [5.41, 5.74) is 0. The van der Waals surface area contributed by atoms with E-state index >= 15 is 0 Å². The van der Waals surface area contributed by atoms with E-state index in [2.05, 4.69) is 16.1 Å². The third-order valence-corrected chi connectivity index (χ3v) is 3.70. The van der Waals surface area contributed by atoms with E-state index in [1.54, 1.807) is 0 Å². The normalized spacial score (nSPS) is 26.3. The summed E-state index contributed by atoms with van der Waals surface area (Å²) >= 11 is 0. The smallest absolute Gasteiger partial charge is 0.0624 e. The van der Waals surface area contributed by atoms with E-state index in [9.17, 15) is 0 Å². The number of hydrogen-bond acceptors (Lipinski definition) is 3. The number of rotatable bonds is 2. The fraction of sp³-hybridized carbons (Fsp3) is 0.917. The van der Waals surface area contributed by atoms with E-state index in [-0.39, 0.29) is 0 Å². The molecule has 3 heteroatoms. The first-order valence-corrected chi connectivity index (χ1v) is 6.27. The molecule has 3 nitrogen and oxygen atoms in total. The molecule has 2 heterocycles. The lowest BCUT2D eigenvalue weighted by atomic mass is 9.95. The Kier molecular flexibility index (Phi) is 3.99. The first-order chi connectivity index (χ1) is 7.40. The van der Waals surface area contributed by atoms with Gasteiger partial charge in [-0.25, -0.2) is 10.0 Å². The molecule has 0 N–H and O–H groups in total. The van der Waals surface area contributed by atoms with Gasteiger partial charge in [-0.3, -0.25) is 0 Å². The highest BCUT2D eigenvalue weighted by molar-refractivity contribution is 4.80. The summed E-state index contributed by atoms with van der Waals surface area (Å²) in [6.07, 6.45) is 7.31. The molecule has 0 radical (unpaired) electrons. The predicted octanol–water partition coefficient (Wildman–Crippen LogP) is 2.01. The van der Waals surface area contributed by atoms with Crippen LogP contribution in [0.15, 0.2) is 0 Å². The second kappa shape index (κ2) is 5.48. The van der Waals surface area contributed by atoms with Gasteiger partial charge >= 0.3 is 0 Å². The molecule has 0 atom stereocenters. The van der Waals surface area contributed by atoms with Crippen molar-refractivity contribution in [3.05, 3.63) is 0 Å². The maximum Gasteiger partial charge on any atom is 0.0624 e. The summed E-state index contributed by atoms with van der Waals surface area (Å²) in [6, 6.07) is 2.30. The highest BCUT2D eigenvalue weighted by Crippen LogP contribution is 2.22. The summed E-state index contributed by atoms with van der Waals surface area (Å²) in [7, 11) is 0. The molecule has 0 saturated carbocycles. The molecule has 2 rings (SSSR count). The molecule has 2 aliphatic heterocycles. The van der Waals surface area contributed by atoms with Crippen LogP contribution in [0.2, 0.25) is 0 Å². The lowest BCUT2D eigenvalue weighted by molar-refractivity contribution is -0.0606. The Balaban J connectivity index is 1.75. The van der Waals surface area contributed by atoms with Crippen LogP contribution in [0.3, 0.4) is 0 Å². The lowest BCUT2D eigenvalue weighted by Crippen LogP contribution is -2.49. The molecule has 2 saturated heterocycles. The monoisotopic (exact) mass is 207 g/mol. The Labute approximate surface area is 92.6 Å². The SMILES string of the molecule is N#CCC1CCN(N2CCCCC2)CC1. The van der Waals surface area contributed by atoms with Crippen molar-refractivity contribution in [3.63, 3.8) is 0 Å². The summed E-state index contributed by atoms with van der Waals surface area (Å²) < 4.78 is 0. The zero-order valence-corrected chi connectivity index (χ0v) is 9.49. The second-order valence-electron chi connectivity index (χ2n) is 4.77. The summed E-state index contributed by atoms with van der Waals surface area (Å²) in [4.78, 5) is 0. The molecule has 0 amide bonds. The Morgan fingerprint density at radius 1 is 0.933 bits per heavy atom. The van der Waals surface area contributed by atoms with Gasteiger partial charge < -0.3 is 0 Å². The van der Waals surface area contributed by atoms with E-state index in [1.807, 2.05) is 0 Å². The van der Waals surface area contributed by atoms with Crippen molar-refractivity contribution < 1.29 is 0 Å². The Bertz CT molecular complexity index is 220. The zero-order chi connectivity index (χ0) is 10.5. The van der Waals surface area contributed by atoms with E-state index in [1.165, 1.54) is 58.3 Å². The van der Waals surface area contributed by atoms with E-state index in [4.69, 9.17) is 5.26 Å². The third-order valence-electron chi connectivity index (χ3n) is 3.70. The van der Waals surface area contributed by atoms with Crippen molar-refractivity contribution in [3.8, 4) is 6.07 Å². The lowest BCUT2D eigenvalue weighted by Gasteiger charge is -2.41. The van der Waals surface area contributed by atoms with Crippen molar-refractivity contribution in [2.45, 2.75) is 38.5 Å². The summed E-state index contributed by atoms with van der Waals surface area (Å²) in [5.74, 6) is 0.663. The minimum Gasteiger partial charge on any atom is -0.242 e. The van der Waals surface area contributed by atoms with Crippen LogP contribution in [-0.2, 0) is 0 Å². The molecule has 0 aromatic rings. The van der Waals surface area contributed by atoms with Crippen molar-refractivity contribution >= 4 is 0 Å². The van der Waals surface area contributed by atoms with Crippen LogP contribution in [0.5, 0.6) is 0 Å². The van der Waals surface area contributed by atoms with Crippen LogP contribution in [0.25, 0.3) is 0 Å². The summed E-state index contributed by atoms with van der Waals surface area (Å²) in [5, 5.41) is 13.7. The largest absolute Gasteiger partial charge is 0.242 e. The highest BCUT2D eigenvalue weighted by Gasteiger charge is 2.24. The number of hydrogen-bond donors (Lipinski definition) is 0. The molecule has 84 valence electrons. The van der Waals surface area contributed by atoms with Gasteiger partial charge in [0.2, 0.25) is 0 Å². The van der Waals surface area contributed by atoms with E-state index in [0.29, 0.717) is 5.92 Å². The zero-order valence-electron chi connectivity index (χ0n) is 9.49. The van der Waals surface area contributed by atoms with Crippen LogP contribution < -0.4 is 0 Å². The second-order valence-corrected chi connectivity index (χ2v) is 4.77. The fourth-order valence-electron chi connectivity index (χ4n) is 2.70. The van der Waals surface area contributed by atoms with Crippen molar-refractivity contribution in [2.24, 2.45) is 5.92 Å².